The summed E-state index contributed by atoms with van der Waals surface area (Å²) in [6.07, 6.45) is 1.30. The molecular weight excluding hydrogens is 418 g/mol. The van der Waals surface area contributed by atoms with Crippen molar-refractivity contribution in [2.75, 3.05) is 23.8 Å². The summed E-state index contributed by atoms with van der Waals surface area (Å²) in [5.41, 5.74) is 0.416. The number of amides is 1. The van der Waals surface area contributed by atoms with Crippen molar-refractivity contribution in [3.05, 3.63) is 59.8 Å². The molecule has 0 saturated carbocycles. The Morgan fingerprint density at radius 1 is 1.24 bits per heavy atom. The maximum absolute atomic E-state index is 13.2. The van der Waals surface area contributed by atoms with Crippen LogP contribution in [-0.2, 0) is 0 Å². The van der Waals surface area contributed by atoms with Crippen LogP contribution in [0.2, 0.25) is 0 Å². The summed E-state index contributed by atoms with van der Waals surface area (Å²) in [6, 6.07) is 9.05. The van der Waals surface area contributed by atoms with Gasteiger partial charge in [-0.1, -0.05) is 20.6 Å². The zero-order chi connectivity index (χ0) is 20.8. The van der Waals surface area contributed by atoms with Crippen LogP contribution < -0.4 is 15.4 Å². The van der Waals surface area contributed by atoms with Crippen molar-refractivity contribution >= 4 is 47.8 Å². The molecule has 150 valence electrons. The number of ether oxygens (including phenoxy) is 1. The van der Waals surface area contributed by atoms with Gasteiger partial charge in [-0.15, -0.1) is 0 Å². The van der Waals surface area contributed by atoms with Crippen molar-refractivity contribution in [1.29, 1.82) is 0 Å². The lowest BCUT2D eigenvalue weighted by molar-refractivity contribution is 0.102. The Kier molecular flexibility index (Phi) is 6.82. The SMILES string of the molecule is O=C(Nc1sc(Nc2ccnc(F)c2)nc1C(=O)P)c1ccc(OCCO)cc1. The minimum Gasteiger partial charge on any atom is -0.491 e. The van der Waals surface area contributed by atoms with Gasteiger partial charge in [0, 0.05) is 23.5 Å². The second kappa shape index (κ2) is 9.51. The van der Waals surface area contributed by atoms with E-state index in [2.05, 4.69) is 20.6 Å². The molecular formula is C18H16FN4O4PS. The highest BCUT2D eigenvalue weighted by Gasteiger charge is 2.18. The van der Waals surface area contributed by atoms with E-state index in [0.29, 0.717) is 22.1 Å². The van der Waals surface area contributed by atoms with Gasteiger partial charge in [-0.3, -0.25) is 9.59 Å². The first-order valence-electron chi connectivity index (χ1n) is 8.30. The zero-order valence-corrected chi connectivity index (χ0v) is 16.9. The largest absolute Gasteiger partial charge is 0.491 e. The van der Waals surface area contributed by atoms with Gasteiger partial charge in [0.15, 0.2) is 10.7 Å². The van der Waals surface area contributed by atoms with E-state index in [1.807, 2.05) is 9.24 Å². The molecule has 29 heavy (non-hydrogen) atoms. The Morgan fingerprint density at radius 2 is 2.00 bits per heavy atom. The summed E-state index contributed by atoms with van der Waals surface area (Å²) < 4.78 is 18.5. The van der Waals surface area contributed by atoms with E-state index in [0.717, 1.165) is 11.3 Å². The third kappa shape index (κ3) is 5.54. The first kappa shape index (κ1) is 20.8. The predicted octanol–water partition coefficient (Wildman–Crippen LogP) is 3.06. The lowest BCUT2D eigenvalue weighted by atomic mass is 10.2. The van der Waals surface area contributed by atoms with E-state index >= 15 is 0 Å². The molecule has 8 nitrogen and oxygen atoms in total. The number of aromatic nitrogens is 2. The second-order valence-corrected chi connectivity index (χ2v) is 7.13. The van der Waals surface area contributed by atoms with E-state index < -0.39 is 17.4 Å². The molecule has 3 N–H and O–H groups in total. The number of rotatable bonds is 8. The molecule has 0 radical (unpaired) electrons. The quantitative estimate of drug-likeness (QED) is 0.369. The van der Waals surface area contributed by atoms with Gasteiger partial charge in [0.2, 0.25) is 5.95 Å². The van der Waals surface area contributed by atoms with Crippen LogP contribution in [0.25, 0.3) is 0 Å². The molecule has 1 aromatic carbocycles. The molecule has 3 aromatic rings. The number of pyridine rings is 1. The number of aliphatic hydroxyl groups excluding tert-OH is 1. The zero-order valence-electron chi connectivity index (χ0n) is 14.9. The topological polar surface area (TPSA) is 113 Å². The number of carbonyl (C=O) groups excluding carboxylic acids is 2. The Morgan fingerprint density at radius 3 is 2.66 bits per heavy atom. The van der Waals surface area contributed by atoms with Gasteiger partial charge in [0.05, 0.1) is 6.61 Å². The molecule has 1 amide bonds. The number of hydrogen-bond acceptors (Lipinski definition) is 8. The van der Waals surface area contributed by atoms with Crippen LogP contribution in [0.4, 0.5) is 20.2 Å². The van der Waals surface area contributed by atoms with Crippen molar-refractivity contribution in [2.45, 2.75) is 0 Å². The summed E-state index contributed by atoms with van der Waals surface area (Å²) in [5.74, 6) is -0.574. The fourth-order valence-electron chi connectivity index (χ4n) is 2.27. The van der Waals surface area contributed by atoms with E-state index in [9.17, 15) is 14.0 Å². The predicted molar refractivity (Wildman–Crippen MR) is 111 cm³/mol. The normalized spacial score (nSPS) is 10.4. The highest BCUT2D eigenvalue weighted by molar-refractivity contribution is 7.41. The smallest absolute Gasteiger partial charge is 0.256 e. The molecule has 1 unspecified atom stereocenters. The molecule has 0 bridgehead atoms. The van der Waals surface area contributed by atoms with Crippen LogP contribution in [0.15, 0.2) is 42.6 Å². The first-order valence-corrected chi connectivity index (χ1v) is 9.70. The molecule has 0 saturated heterocycles. The van der Waals surface area contributed by atoms with Crippen molar-refractivity contribution in [3.8, 4) is 5.75 Å². The minimum atomic E-state index is -0.658. The standard InChI is InChI=1S/C18H16FN4O4PS/c19-13-9-11(5-6-20-13)21-18-22-14(17(26)28)16(29-18)23-15(25)10-1-3-12(4-2-10)27-8-7-24/h1-6,9,24H,7-8,28H2,(H,23,25)(H,20,21,22). The summed E-state index contributed by atoms with van der Waals surface area (Å²) in [5, 5.41) is 14.9. The van der Waals surface area contributed by atoms with Gasteiger partial charge >= 0.3 is 0 Å². The number of aliphatic hydroxyl groups is 1. The molecule has 0 spiro atoms. The third-order valence-electron chi connectivity index (χ3n) is 3.54. The van der Waals surface area contributed by atoms with Gasteiger partial charge in [-0.2, -0.15) is 4.39 Å². The van der Waals surface area contributed by atoms with Gasteiger partial charge in [0.25, 0.3) is 5.91 Å². The number of benzene rings is 1. The van der Waals surface area contributed by atoms with Crippen molar-refractivity contribution in [3.63, 3.8) is 0 Å². The summed E-state index contributed by atoms with van der Waals surface area (Å²) in [7, 11) is 2.01. The van der Waals surface area contributed by atoms with E-state index in [1.54, 1.807) is 30.3 Å². The fourth-order valence-corrected chi connectivity index (χ4v) is 3.47. The Balaban J connectivity index is 1.76. The van der Waals surface area contributed by atoms with Crippen molar-refractivity contribution < 1.29 is 23.8 Å². The molecule has 0 aliphatic carbocycles. The highest BCUT2D eigenvalue weighted by Crippen LogP contribution is 2.32. The number of hydrogen-bond donors (Lipinski definition) is 3. The van der Waals surface area contributed by atoms with Gasteiger partial charge in [-0.05, 0) is 30.3 Å². The molecule has 11 heteroatoms. The van der Waals surface area contributed by atoms with E-state index in [4.69, 9.17) is 9.84 Å². The number of anilines is 3. The first-order chi connectivity index (χ1) is 14.0. The lowest BCUT2D eigenvalue weighted by Crippen LogP contribution is -2.12. The average molecular weight is 434 g/mol. The lowest BCUT2D eigenvalue weighted by Gasteiger charge is -2.06. The average Bonchev–Trinajstić information content (AvgIpc) is 3.09. The summed E-state index contributed by atoms with van der Waals surface area (Å²) >= 11 is 1.04. The Labute approximate surface area is 171 Å². The second-order valence-electron chi connectivity index (χ2n) is 5.60. The number of halogens is 1. The Bertz CT molecular complexity index is 1030. The van der Waals surface area contributed by atoms with Gasteiger partial charge < -0.3 is 20.5 Å². The third-order valence-corrected chi connectivity index (χ3v) is 4.70. The molecule has 0 aliphatic heterocycles. The van der Waals surface area contributed by atoms with Crippen LogP contribution in [0.5, 0.6) is 5.75 Å². The molecule has 0 aliphatic rings. The summed E-state index contributed by atoms with van der Waals surface area (Å²) in [4.78, 5) is 32.0. The maximum Gasteiger partial charge on any atom is 0.256 e. The van der Waals surface area contributed by atoms with Gasteiger partial charge in [-0.25, -0.2) is 9.97 Å². The van der Waals surface area contributed by atoms with Crippen LogP contribution in [0.3, 0.4) is 0 Å². The van der Waals surface area contributed by atoms with Crippen molar-refractivity contribution in [2.24, 2.45) is 0 Å². The highest BCUT2D eigenvalue weighted by atomic mass is 32.1. The number of carbonyl (C=O) groups is 2. The molecule has 2 heterocycles. The van der Waals surface area contributed by atoms with E-state index in [-0.39, 0.29) is 23.9 Å². The van der Waals surface area contributed by atoms with E-state index in [1.165, 1.54) is 12.3 Å². The molecule has 2 aromatic heterocycles. The fraction of sp³-hybridized carbons (Fsp3) is 0.111. The number of thiazole rings is 1. The minimum absolute atomic E-state index is 0.0632. The van der Waals surface area contributed by atoms with Crippen LogP contribution >= 0.6 is 20.6 Å². The summed E-state index contributed by atoms with van der Waals surface area (Å²) in [6.45, 7) is 0.0468. The van der Waals surface area contributed by atoms with Crippen LogP contribution in [-0.4, -0.2) is 39.7 Å². The number of nitrogens with one attached hydrogen (secondary N) is 2. The number of nitrogens with zero attached hydrogens (tertiary/aromatic N) is 2. The van der Waals surface area contributed by atoms with Gasteiger partial charge in [0.1, 0.15) is 23.1 Å². The molecule has 3 rings (SSSR count). The van der Waals surface area contributed by atoms with Crippen LogP contribution in [0.1, 0.15) is 20.8 Å². The maximum atomic E-state index is 13.2. The Hall–Kier alpha value is -2.94. The monoisotopic (exact) mass is 434 g/mol. The molecule has 0 fully saturated rings. The van der Waals surface area contributed by atoms with Crippen molar-refractivity contribution in [1.82, 2.24) is 9.97 Å². The molecule has 1 atom stereocenters. The van der Waals surface area contributed by atoms with Crippen LogP contribution in [0, 0.1) is 5.95 Å².